The average Bonchev–Trinajstić information content (AvgIpc) is 2.63. The second-order valence-electron chi connectivity index (χ2n) is 6.86. The summed E-state index contributed by atoms with van der Waals surface area (Å²) >= 11 is 0. The number of benzene rings is 2. The van der Waals surface area contributed by atoms with Crippen LogP contribution in [-0.4, -0.2) is 12.6 Å². The Morgan fingerprint density at radius 1 is 0.800 bits per heavy atom. The Morgan fingerprint density at radius 2 is 1.44 bits per heavy atom. The van der Waals surface area contributed by atoms with E-state index >= 15 is 0 Å². The van der Waals surface area contributed by atoms with E-state index in [9.17, 15) is 4.79 Å². The molecule has 2 rings (SSSR count). The predicted octanol–water partition coefficient (Wildman–Crippen LogP) is 6.46. The molecule has 0 unspecified atom stereocenters. The summed E-state index contributed by atoms with van der Waals surface area (Å²) in [6.45, 7) is 2.81. The summed E-state index contributed by atoms with van der Waals surface area (Å²) in [5, 5.41) is 2.32. The van der Waals surface area contributed by atoms with Crippen molar-refractivity contribution in [3.63, 3.8) is 0 Å². The lowest BCUT2D eigenvalue weighted by Gasteiger charge is -2.07. The molecule has 0 N–H and O–H groups in total. The number of rotatable bonds is 12. The maximum atomic E-state index is 12.1. The lowest BCUT2D eigenvalue weighted by atomic mass is 10.0. The molecule has 0 atom stereocenters. The zero-order chi connectivity index (χ0) is 17.7. The van der Waals surface area contributed by atoms with Gasteiger partial charge in [0.15, 0.2) is 0 Å². The van der Waals surface area contributed by atoms with Crippen LogP contribution >= 0.6 is 0 Å². The van der Waals surface area contributed by atoms with Gasteiger partial charge in [0.2, 0.25) is 0 Å². The van der Waals surface area contributed by atoms with Gasteiger partial charge in [-0.2, -0.15) is 0 Å². The van der Waals surface area contributed by atoms with Gasteiger partial charge in [-0.1, -0.05) is 101 Å². The van der Waals surface area contributed by atoms with Gasteiger partial charge in [0.05, 0.1) is 13.0 Å². The summed E-state index contributed by atoms with van der Waals surface area (Å²) in [6.07, 6.45) is 11.8. The molecule has 0 aliphatic rings. The van der Waals surface area contributed by atoms with Gasteiger partial charge in [0, 0.05) is 0 Å². The number of fused-ring (bicyclic) bond motifs is 1. The van der Waals surface area contributed by atoms with E-state index in [0.717, 1.165) is 23.8 Å². The third kappa shape index (κ3) is 7.29. The minimum atomic E-state index is -0.115. The SMILES string of the molecule is CCCCCCCCCCCOC(=O)Cc1cccc2ccccc12. The van der Waals surface area contributed by atoms with Crippen molar-refractivity contribution in [3.8, 4) is 0 Å². The quantitative estimate of drug-likeness (QED) is 0.327. The van der Waals surface area contributed by atoms with Crippen molar-refractivity contribution in [2.45, 2.75) is 71.1 Å². The van der Waals surface area contributed by atoms with Crippen molar-refractivity contribution in [2.24, 2.45) is 0 Å². The summed E-state index contributed by atoms with van der Waals surface area (Å²) < 4.78 is 5.42. The van der Waals surface area contributed by atoms with Crippen LogP contribution in [-0.2, 0) is 16.0 Å². The first kappa shape index (κ1) is 19.5. The van der Waals surface area contributed by atoms with Crippen LogP contribution in [0, 0.1) is 0 Å². The molecule has 0 aliphatic heterocycles. The summed E-state index contributed by atoms with van der Waals surface area (Å²) in [5.74, 6) is -0.115. The fourth-order valence-electron chi connectivity index (χ4n) is 3.25. The van der Waals surface area contributed by atoms with E-state index in [2.05, 4.69) is 25.1 Å². The van der Waals surface area contributed by atoms with Gasteiger partial charge >= 0.3 is 5.97 Å². The highest BCUT2D eigenvalue weighted by Crippen LogP contribution is 2.19. The predicted molar refractivity (Wildman–Crippen MR) is 106 cm³/mol. The molecular formula is C23H32O2. The lowest BCUT2D eigenvalue weighted by Crippen LogP contribution is -2.09. The van der Waals surface area contributed by atoms with E-state index in [0.29, 0.717) is 13.0 Å². The Kier molecular flexibility index (Phi) is 9.11. The first-order chi connectivity index (χ1) is 12.3. The molecule has 0 heterocycles. The highest BCUT2D eigenvalue weighted by molar-refractivity contribution is 5.88. The third-order valence-electron chi connectivity index (χ3n) is 4.73. The maximum absolute atomic E-state index is 12.1. The molecule has 2 heteroatoms. The van der Waals surface area contributed by atoms with Crippen LogP contribution in [0.2, 0.25) is 0 Å². The second-order valence-corrected chi connectivity index (χ2v) is 6.86. The zero-order valence-corrected chi connectivity index (χ0v) is 15.6. The molecule has 2 aromatic carbocycles. The molecule has 0 amide bonds. The van der Waals surface area contributed by atoms with Crippen LogP contribution in [0.15, 0.2) is 42.5 Å². The summed E-state index contributed by atoms with van der Waals surface area (Å²) in [6, 6.07) is 14.3. The third-order valence-corrected chi connectivity index (χ3v) is 4.73. The molecule has 136 valence electrons. The molecule has 0 spiro atoms. The van der Waals surface area contributed by atoms with Crippen LogP contribution in [0.25, 0.3) is 10.8 Å². The van der Waals surface area contributed by atoms with Crippen LogP contribution in [0.1, 0.15) is 70.3 Å². The summed E-state index contributed by atoms with van der Waals surface area (Å²) in [4.78, 5) is 12.1. The van der Waals surface area contributed by atoms with Gasteiger partial charge in [-0.05, 0) is 22.8 Å². The smallest absolute Gasteiger partial charge is 0.310 e. The highest BCUT2D eigenvalue weighted by Gasteiger charge is 2.07. The van der Waals surface area contributed by atoms with E-state index in [1.807, 2.05) is 24.3 Å². The molecule has 0 saturated heterocycles. The van der Waals surface area contributed by atoms with Gasteiger partial charge in [-0.25, -0.2) is 0 Å². The van der Waals surface area contributed by atoms with E-state index in [1.165, 1.54) is 50.3 Å². The van der Waals surface area contributed by atoms with E-state index < -0.39 is 0 Å². The van der Waals surface area contributed by atoms with E-state index in [4.69, 9.17) is 4.74 Å². The molecule has 0 bridgehead atoms. The molecule has 0 radical (unpaired) electrons. The second kappa shape index (κ2) is 11.7. The monoisotopic (exact) mass is 340 g/mol. The first-order valence-corrected chi connectivity index (χ1v) is 9.93. The van der Waals surface area contributed by atoms with Gasteiger partial charge in [-0.3, -0.25) is 4.79 Å². The lowest BCUT2D eigenvalue weighted by molar-refractivity contribution is -0.142. The normalized spacial score (nSPS) is 10.9. The Bertz CT molecular complexity index is 628. The maximum Gasteiger partial charge on any atom is 0.310 e. The van der Waals surface area contributed by atoms with Crippen molar-refractivity contribution in [3.05, 3.63) is 48.0 Å². The zero-order valence-electron chi connectivity index (χ0n) is 15.6. The summed E-state index contributed by atoms with van der Waals surface area (Å²) in [7, 11) is 0. The minimum absolute atomic E-state index is 0.115. The van der Waals surface area contributed by atoms with Crippen molar-refractivity contribution < 1.29 is 9.53 Å². The molecule has 2 aromatic rings. The van der Waals surface area contributed by atoms with Crippen molar-refractivity contribution in [1.29, 1.82) is 0 Å². The van der Waals surface area contributed by atoms with E-state index in [-0.39, 0.29) is 5.97 Å². The number of ether oxygens (including phenoxy) is 1. The minimum Gasteiger partial charge on any atom is -0.465 e. The number of carbonyl (C=O) groups is 1. The van der Waals surface area contributed by atoms with Crippen molar-refractivity contribution in [2.75, 3.05) is 6.61 Å². The fraction of sp³-hybridized carbons (Fsp3) is 0.522. The number of esters is 1. The Hall–Kier alpha value is -1.83. The standard InChI is InChI=1S/C23H32O2/c1-2-3-4-5-6-7-8-9-12-18-25-23(24)19-21-16-13-15-20-14-10-11-17-22(20)21/h10-11,13-17H,2-9,12,18-19H2,1H3. The molecule has 25 heavy (non-hydrogen) atoms. The number of hydrogen-bond acceptors (Lipinski definition) is 2. The number of hydrogen-bond donors (Lipinski definition) is 0. The Morgan fingerprint density at radius 3 is 2.20 bits per heavy atom. The van der Waals surface area contributed by atoms with Crippen LogP contribution in [0.5, 0.6) is 0 Å². The fourth-order valence-corrected chi connectivity index (χ4v) is 3.25. The van der Waals surface area contributed by atoms with Gasteiger partial charge in [0.25, 0.3) is 0 Å². The Labute approximate surface area is 152 Å². The number of unbranched alkanes of at least 4 members (excludes halogenated alkanes) is 8. The Balaban J connectivity index is 1.58. The molecule has 0 aliphatic carbocycles. The van der Waals surface area contributed by atoms with Crippen LogP contribution in [0.4, 0.5) is 0 Å². The number of carbonyl (C=O) groups excluding carboxylic acids is 1. The molecular weight excluding hydrogens is 308 g/mol. The summed E-state index contributed by atoms with van der Waals surface area (Å²) in [5.41, 5.74) is 1.05. The topological polar surface area (TPSA) is 26.3 Å². The molecule has 2 nitrogen and oxygen atoms in total. The van der Waals surface area contributed by atoms with Gasteiger partial charge in [-0.15, -0.1) is 0 Å². The van der Waals surface area contributed by atoms with Crippen LogP contribution in [0.3, 0.4) is 0 Å². The van der Waals surface area contributed by atoms with Crippen LogP contribution < -0.4 is 0 Å². The largest absolute Gasteiger partial charge is 0.465 e. The molecule has 0 fully saturated rings. The van der Waals surface area contributed by atoms with E-state index in [1.54, 1.807) is 0 Å². The first-order valence-electron chi connectivity index (χ1n) is 9.93. The molecule has 0 saturated carbocycles. The van der Waals surface area contributed by atoms with Crippen molar-refractivity contribution in [1.82, 2.24) is 0 Å². The van der Waals surface area contributed by atoms with Gasteiger partial charge in [0.1, 0.15) is 0 Å². The highest BCUT2D eigenvalue weighted by atomic mass is 16.5. The van der Waals surface area contributed by atoms with Crippen molar-refractivity contribution >= 4 is 16.7 Å². The molecule has 0 aromatic heterocycles. The average molecular weight is 341 g/mol. The van der Waals surface area contributed by atoms with Gasteiger partial charge < -0.3 is 4.74 Å².